The van der Waals surface area contributed by atoms with Crippen LogP contribution in [0.1, 0.15) is 19.8 Å². The Morgan fingerprint density at radius 2 is 2.05 bits per heavy atom. The minimum Gasteiger partial charge on any atom is -0.396 e. The molecule has 0 saturated heterocycles. The van der Waals surface area contributed by atoms with Crippen LogP contribution < -0.4 is 11.1 Å². The molecule has 0 bridgehead atoms. The summed E-state index contributed by atoms with van der Waals surface area (Å²) in [5, 5.41) is 2.66. The molecule has 0 fully saturated rings. The van der Waals surface area contributed by atoms with Crippen LogP contribution in [0.15, 0.2) is 18.2 Å². The number of hydrogen-bond acceptors (Lipinski definition) is 4. The Kier molecular flexibility index (Phi) is 7.60. The van der Waals surface area contributed by atoms with Crippen LogP contribution in [-0.4, -0.2) is 32.3 Å². The molecule has 0 saturated carbocycles. The zero-order valence-electron chi connectivity index (χ0n) is 11.7. The number of carbonyl (C=O) groups is 1. The first-order valence-corrected chi connectivity index (χ1v) is 6.64. The van der Waals surface area contributed by atoms with E-state index in [0.29, 0.717) is 45.0 Å². The summed E-state index contributed by atoms with van der Waals surface area (Å²) in [4.78, 5) is 11.6. The molecule has 0 radical (unpaired) electrons. The summed E-state index contributed by atoms with van der Waals surface area (Å²) in [6.45, 7) is 4.20. The van der Waals surface area contributed by atoms with Crippen LogP contribution in [0.5, 0.6) is 0 Å². The van der Waals surface area contributed by atoms with Crippen LogP contribution in [0, 0.1) is 5.82 Å². The molecule has 0 aliphatic heterocycles. The average molecular weight is 284 g/mol. The molecule has 1 aromatic carbocycles. The van der Waals surface area contributed by atoms with Gasteiger partial charge in [-0.15, -0.1) is 0 Å². The highest BCUT2D eigenvalue weighted by atomic mass is 19.1. The van der Waals surface area contributed by atoms with Crippen molar-refractivity contribution in [3.8, 4) is 0 Å². The number of nitrogens with two attached hydrogens (primary N) is 1. The van der Waals surface area contributed by atoms with Crippen molar-refractivity contribution in [1.29, 1.82) is 0 Å². The van der Waals surface area contributed by atoms with E-state index in [2.05, 4.69) is 5.32 Å². The number of carbonyl (C=O) groups excluding carboxylic acids is 1. The molecular weight excluding hydrogens is 263 g/mol. The van der Waals surface area contributed by atoms with Gasteiger partial charge in [0.15, 0.2) is 0 Å². The van der Waals surface area contributed by atoms with Crippen molar-refractivity contribution in [2.75, 3.05) is 37.5 Å². The number of nitrogen functional groups attached to an aromatic ring is 1. The fourth-order valence-corrected chi connectivity index (χ4v) is 1.54. The third-order valence-electron chi connectivity index (χ3n) is 2.55. The van der Waals surface area contributed by atoms with Crippen LogP contribution in [-0.2, 0) is 14.3 Å². The van der Waals surface area contributed by atoms with Gasteiger partial charge in [0.05, 0.1) is 18.9 Å². The third-order valence-corrected chi connectivity index (χ3v) is 2.55. The summed E-state index contributed by atoms with van der Waals surface area (Å²) in [5.41, 5.74) is 5.93. The third kappa shape index (κ3) is 6.49. The molecule has 0 unspecified atom stereocenters. The SMILES string of the molecule is CCOCCOCCCC(=O)Nc1ccc(F)c(N)c1. The van der Waals surface area contributed by atoms with Crippen molar-refractivity contribution in [3.63, 3.8) is 0 Å². The second-order valence-electron chi connectivity index (χ2n) is 4.20. The standard InChI is InChI=1S/C14H21FN2O3/c1-2-19-8-9-20-7-3-4-14(18)17-11-5-6-12(15)13(16)10-11/h5-6,10H,2-4,7-9,16H2,1H3,(H,17,18). The maximum absolute atomic E-state index is 12.9. The first-order valence-electron chi connectivity index (χ1n) is 6.64. The lowest BCUT2D eigenvalue weighted by atomic mass is 10.2. The van der Waals surface area contributed by atoms with E-state index in [-0.39, 0.29) is 11.6 Å². The Bertz CT molecular complexity index is 427. The van der Waals surface area contributed by atoms with Crippen LogP contribution >= 0.6 is 0 Å². The van der Waals surface area contributed by atoms with Crippen molar-refractivity contribution >= 4 is 17.3 Å². The molecule has 3 N–H and O–H groups in total. The van der Waals surface area contributed by atoms with E-state index in [0.717, 1.165) is 0 Å². The molecule has 0 heterocycles. The van der Waals surface area contributed by atoms with Crippen LogP contribution in [0.4, 0.5) is 15.8 Å². The zero-order chi connectivity index (χ0) is 14.8. The van der Waals surface area contributed by atoms with Gasteiger partial charge in [0, 0.05) is 25.3 Å². The summed E-state index contributed by atoms with van der Waals surface area (Å²) in [6, 6.07) is 4.09. The zero-order valence-corrected chi connectivity index (χ0v) is 11.7. The first kappa shape index (κ1) is 16.4. The fraction of sp³-hybridized carbons (Fsp3) is 0.500. The van der Waals surface area contributed by atoms with E-state index in [4.69, 9.17) is 15.2 Å². The number of rotatable bonds is 9. The van der Waals surface area contributed by atoms with Crippen LogP contribution in [0.3, 0.4) is 0 Å². The maximum Gasteiger partial charge on any atom is 0.224 e. The molecule has 20 heavy (non-hydrogen) atoms. The highest BCUT2D eigenvalue weighted by molar-refractivity contribution is 5.91. The van der Waals surface area contributed by atoms with Gasteiger partial charge in [-0.25, -0.2) is 4.39 Å². The maximum atomic E-state index is 12.9. The topological polar surface area (TPSA) is 73.6 Å². The second-order valence-corrected chi connectivity index (χ2v) is 4.20. The minimum atomic E-state index is -0.495. The average Bonchev–Trinajstić information content (AvgIpc) is 2.42. The van der Waals surface area contributed by atoms with Gasteiger partial charge in [0.2, 0.25) is 5.91 Å². The lowest BCUT2D eigenvalue weighted by molar-refractivity contribution is -0.116. The molecule has 112 valence electrons. The number of halogens is 1. The summed E-state index contributed by atoms with van der Waals surface area (Å²) in [5.74, 6) is -0.643. The molecule has 0 aromatic heterocycles. The summed E-state index contributed by atoms with van der Waals surface area (Å²) >= 11 is 0. The molecule has 1 aromatic rings. The molecule has 5 nitrogen and oxygen atoms in total. The highest BCUT2D eigenvalue weighted by Crippen LogP contribution is 2.16. The molecule has 0 spiro atoms. The molecular formula is C14H21FN2O3. The second kappa shape index (κ2) is 9.28. The Hall–Kier alpha value is -1.66. The predicted molar refractivity (Wildman–Crippen MR) is 76.0 cm³/mol. The van der Waals surface area contributed by atoms with Crippen LogP contribution in [0.25, 0.3) is 0 Å². The van der Waals surface area contributed by atoms with Gasteiger partial charge in [-0.2, -0.15) is 0 Å². The van der Waals surface area contributed by atoms with Gasteiger partial charge in [-0.3, -0.25) is 4.79 Å². The number of nitrogens with one attached hydrogen (secondary N) is 1. The minimum absolute atomic E-state index is 0.0158. The van der Waals surface area contributed by atoms with Gasteiger partial charge in [0.25, 0.3) is 0 Å². The summed E-state index contributed by atoms with van der Waals surface area (Å²) in [7, 11) is 0. The highest BCUT2D eigenvalue weighted by Gasteiger charge is 2.04. The van der Waals surface area contributed by atoms with E-state index in [1.165, 1.54) is 18.2 Å². The Labute approximate surface area is 118 Å². The van der Waals surface area contributed by atoms with Crippen LogP contribution in [0.2, 0.25) is 0 Å². The summed E-state index contributed by atoms with van der Waals surface area (Å²) in [6.07, 6.45) is 0.959. The molecule has 1 rings (SSSR count). The number of anilines is 2. The number of ether oxygens (including phenoxy) is 2. The van der Waals surface area contributed by atoms with E-state index >= 15 is 0 Å². The van der Waals surface area contributed by atoms with Gasteiger partial charge < -0.3 is 20.5 Å². The van der Waals surface area contributed by atoms with E-state index in [9.17, 15) is 9.18 Å². The molecule has 0 atom stereocenters. The summed E-state index contributed by atoms with van der Waals surface area (Å²) < 4.78 is 23.4. The predicted octanol–water partition coefficient (Wildman–Crippen LogP) is 2.18. The van der Waals surface area contributed by atoms with E-state index in [1.54, 1.807) is 0 Å². The number of amides is 1. The molecule has 6 heteroatoms. The largest absolute Gasteiger partial charge is 0.396 e. The molecule has 0 aliphatic carbocycles. The Morgan fingerprint density at radius 3 is 2.75 bits per heavy atom. The van der Waals surface area contributed by atoms with Crippen molar-refractivity contribution in [2.45, 2.75) is 19.8 Å². The number of benzene rings is 1. The van der Waals surface area contributed by atoms with Crippen molar-refractivity contribution in [3.05, 3.63) is 24.0 Å². The molecule has 1 amide bonds. The normalized spacial score (nSPS) is 10.5. The van der Waals surface area contributed by atoms with Gasteiger partial charge >= 0.3 is 0 Å². The van der Waals surface area contributed by atoms with Gasteiger partial charge in [-0.1, -0.05) is 0 Å². The first-order chi connectivity index (χ1) is 9.63. The van der Waals surface area contributed by atoms with Gasteiger partial charge in [-0.05, 0) is 31.5 Å². The quantitative estimate of drug-likeness (QED) is 0.538. The van der Waals surface area contributed by atoms with Gasteiger partial charge in [0.1, 0.15) is 5.82 Å². The lowest BCUT2D eigenvalue weighted by Crippen LogP contribution is -2.13. The van der Waals surface area contributed by atoms with Crippen molar-refractivity contribution in [1.82, 2.24) is 0 Å². The smallest absolute Gasteiger partial charge is 0.224 e. The van der Waals surface area contributed by atoms with E-state index < -0.39 is 5.82 Å². The Morgan fingerprint density at radius 1 is 1.30 bits per heavy atom. The van der Waals surface area contributed by atoms with Crippen molar-refractivity contribution in [2.24, 2.45) is 0 Å². The fourth-order valence-electron chi connectivity index (χ4n) is 1.54. The Balaban J connectivity index is 2.15. The lowest BCUT2D eigenvalue weighted by Gasteiger charge is -2.07. The monoisotopic (exact) mass is 284 g/mol. The van der Waals surface area contributed by atoms with E-state index in [1.807, 2.05) is 6.92 Å². The van der Waals surface area contributed by atoms with Crippen molar-refractivity contribution < 1.29 is 18.7 Å². The molecule has 0 aliphatic rings. The number of hydrogen-bond donors (Lipinski definition) is 2.